The van der Waals surface area contributed by atoms with Crippen molar-refractivity contribution in [3.05, 3.63) is 106 Å². The van der Waals surface area contributed by atoms with Crippen molar-refractivity contribution < 1.29 is 27.9 Å². The number of anilines is 1. The molecule has 45 heavy (non-hydrogen) atoms. The van der Waals surface area contributed by atoms with Gasteiger partial charge in [-0.3, -0.25) is 14.4 Å². The quantitative estimate of drug-likeness (QED) is 0.253. The lowest BCUT2D eigenvalue weighted by molar-refractivity contribution is -0.125. The smallest absolute Gasteiger partial charge is 0.410 e. The number of aromatic nitrogens is 3. The maximum absolute atomic E-state index is 14.1. The number of allylic oxidation sites excluding steroid dienone is 1. The van der Waals surface area contributed by atoms with Gasteiger partial charge in [0, 0.05) is 63.7 Å². The summed E-state index contributed by atoms with van der Waals surface area (Å²) in [5.74, 6) is -2.06. The number of ether oxygens (including phenoxy) is 1. The van der Waals surface area contributed by atoms with E-state index in [9.17, 15) is 28.0 Å². The number of nitrogens with one attached hydrogen (secondary N) is 1. The number of carbonyl (C=O) groups is 3. The minimum absolute atomic E-state index is 0.0453. The maximum atomic E-state index is 14.1. The third-order valence-corrected chi connectivity index (χ3v) is 6.89. The first kappa shape index (κ1) is 32.6. The molecule has 3 amide bonds. The van der Waals surface area contributed by atoms with E-state index in [1.807, 2.05) is 4.57 Å². The molecule has 1 unspecified atom stereocenters. The molecular formula is C32H34F2N6O5. The molecule has 0 aliphatic heterocycles. The Bertz CT molecular complexity index is 1780. The minimum atomic E-state index is -1.28. The summed E-state index contributed by atoms with van der Waals surface area (Å²) in [6.07, 6.45) is 3.97. The van der Waals surface area contributed by atoms with E-state index in [-0.39, 0.29) is 36.9 Å². The maximum Gasteiger partial charge on any atom is 0.410 e. The van der Waals surface area contributed by atoms with Crippen LogP contribution in [0.4, 0.5) is 19.4 Å². The van der Waals surface area contributed by atoms with E-state index in [0.29, 0.717) is 17.6 Å². The second-order valence-electron chi connectivity index (χ2n) is 10.7. The molecule has 0 bridgehead atoms. The number of hydrogen-bond acceptors (Lipinski definition) is 6. The van der Waals surface area contributed by atoms with Crippen LogP contribution in [0.3, 0.4) is 0 Å². The van der Waals surface area contributed by atoms with Crippen molar-refractivity contribution in [2.24, 2.45) is 0 Å². The zero-order valence-corrected chi connectivity index (χ0v) is 25.4. The van der Waals surface area contributed by atoms with Crippen molar-refractivity contribution in [2.75, 3.05) is 33.5 Å². The van der Waals surface area contributed by atoms with E-state index in [1.165, 1.54) is 66.3 Å². The van der Waals surface area contributed by atoms with Crippen molar-refractivity contribution in [2.45, 2.75) is 32.0 Å². The first-order chi connectivity index (χ1) is 21.4. The number of hydrogen-bond donors (Lipinski definition) is 1. The number of amides is 3. The van der Waals surface area contributed by atoms with Crippen LogP contribution in [0.15, 0.2) is 77.9 Å². The molecule has 0 spiro atoms. The highest BCUT2D eigenvalue weighted by molar-refractivity contribution is 5.94. The van der Waals surface area contributed by atoms with E-state index in [1.54, 1.807) is 44.4 Å². The molecule has 2 aromatic carbocycles. The average molecular weight is 621 g/mol. The Morgan fingerprint density at radius 1 is 0.978 bits per heavy atom. The lowest BCUT2D eigenvalue weighted by Crippen LogP contribution is -2.38. The summed E-state index contributed by atoms with van der Waals surface area (Å²) in [5.41, 5.74) is 1.55. The predicted molar refractivity (Wildman–Crippen MR) is 165 cm³/mol. The van der Waals surface area contributed by atoms with Crippen LogP contribution in [0, 0.1) is 11.6 Å². The van der Waals surface area contributed by atoms with Crippen molar-refractivity contribution >= 4 is 34.6 Å². The van der Waals surface area contributed by atoms with Crippen LogP contribution in [-0.4, -0.2) is 76.1 Å². The Balaban J connectivity index is 1.58. The van der Waals surface area contributed by atoms with Gasteiger partial charge in [0.25, 0.3) is 11.5 Å². The molecule has 2 aromatic heterocycles. The van der Waals surface area contributed by atoms with Crippen LogP contribution in [0.1, 0.15) is 24.1 Å². The fourth-order valence-corrected chi connectivity index (χ4v) is 4.47. The molecule has 0 saturated heterocycles. The molecular weight excluding hydrogens is 586 g/mol. The Morgan fingerprint density at radius 2 is 1.69 bits per heavy atom. The molecule has 0 saturated carbocycles. The second-order valence-corrected chi connectivity index (χ2v) is 10.7. The molecule has 13 heteroatoms. The highest BCUT2D eigenvalue weighted by Crippen LogP contribution is 2.23. The summed E-state index contributed by atoms with van der Waals surface area (Å²) in [6, 6.07) is 12.1. The van der Waals surface area contributed by atoms with Crippen LogP contribution in [0.25, 0.3) is 10.9 Å². The molecule has 4 rings (SSSR count). The fourth-order valence-electron chi connectivity index (χ4n) is 4.47. The summed E-state index contributed by atoms with van der Waals surface area (Å²) in [4.78, 5) is 57.3. The fraction of sp³-hybridized carbons (Fsp3) is 0.281. The van der Waals surface area contributed by atoms with Crippen molar-refractivity contribution in [3.63, 3.8) is 0 Å². The Labute approximate surface area is 258 Å². The van der Waals surface area contributed by atoms with Crippen molar-refractivity contribution in [1.82, 2.24) is 23.9 Å². The SMILES string of the molecule is CN(C)C(=O)C=CCCC(OC(=O)N(C)C)C(=O)Nc1nccn(Cc2cc3cc(F)ccc3n2Cc2ccc(F)cc2)c1=O. The van der Waals surface area contributed by atoms with Gasteiger partial charge in [-0.25, -0.2) is 18.6 Å². The molecule has 2 heterocycles. The molecule has 1 N–H and O–H groups in total. The highest BCUT2D eigenvalue weighted by Gasteiger charge is 2.25. The van der Waals surface area contributed by atoms with Gasteiger partial charge >= 0.3 is 6.09 Å². The molecule has 236 valence electrons. The number of halogens is 2. The van der Waals surface area contributed by atoms with E-state index in [4.69, 9.17) is 4.74 Å². The standard InChI is InChI=1S/C32H34F2N6O5/c1-37(2)28(41)8-6-5-7-27(45-32(44)38(3)4)30(42)36-29-31(43)39(16-15-35-29)20-25-18-22-17-24(34)13-14-26(22)40(25)19-21-9-11-23(33)12-10-21/h6,8-18,27H,5,7,19-20H2,1-4H3,(H,35,36,42). The molecule has 0 fully saturated rings. The third-order valence-electron chi connectivity index (χ3n) is 6.89. The summed E-state index contributed by atoms with van der Waals surface area (Å²) >= 11 is 0. The van der Waals surface area contributed by atoms with Gasteiger partial charge in [-0.15, -0.1) is 0 Å². The lowest BCUT2D eigenvalue weighted by Gasteiger charge is -2.19. The van der Waals surface area contributed by atoms with Gasteiger partial charge < -0.3 is 29.0 Å². The minimum Gasteiger partial charge on any atom is -0.436 e. The second kappa shape index (κ2) is 14.4. The number of likely N-dealkylation sites (N-methyl/N-ethyl adjacent to an activating group) is 1. The number of benzene rings is 2. The van der Waals surface area contributed by atoms with Gasteiger partial charge in [0.2, 0.25) is 5.91 Å². The van der Waals surface area contributed by atoms with Gasteiger partial charge in [-0.05, 0) is 60.9 Å². The van der Waals surface area contributed by atoms with Gasteiger partial charge in [0.15, 0.2) is 11.9 Å². The van der Waals surface area contributed by atoms with Crippen LogP contribution in [0.2, 0.25) is 0 Å². The number of nitrogens with zero attached hydrogens (tertiary/aromatic N) is 5. The zero-order valence-electron chi connectivity index (χ0n) is 25.4. The summed E-state index contributed by atoms with van der Waals surface area (Å²) < 4.78 is 36.2. The molecule has 4 aromatic rings. The van der Waals surface area contributed by atoms with Gasteiger partial charge in [0.05, 0.1) is 6.54 Å². The predicted octanol–water partition coefficient (Wildman–Crippen LogP) is 4.00. The monoisotopic (exact) mass is 620 g/mol. The van der Waals surface area contributed by atoms with Gasteiger partial charge in [-0.1, -0.05) is 18.2 Å². The first-order valence-corrected chi connectivity index (χ1v) is 14.1. The molecule has 11 nitrogen and oxygen atoms in total. The largest absolute Gasteiger partial charge is 0.436 e. The summed E-state index contributed by atoms with van der Waals surface area (Å²) in [7, 11) is 6.14. The Kier molecular flexibility index (Phi) is 10.4. The third kappa shape index (κ3) is 8.40. The number of rotatable bonds is 11. The van der Waals surface area contributed by atoms with E-state index >= 15 is 0 Å². The van der Waals surface area contributed by atoms with Crippen LogP contribution >= 0.6 is 0 Å². The van der Waals surface area contributed by atoms with Crippen molar-refractivity contribution in [1.29, 1.82) is 0 Å². The van der Waals surface area contributed by atoms with E-state index < -0.39 is 29.5 Å². The molecule has 0 aliphatic carbocycles. The van der Waals surface area contributed by atoms with Crippen molar-refractivity contribution in [3.8, 4) is 0 Å². The Morgan fingerprint density at radius 3 is 2.38 bits per heavy atom. The van der Waals surface area contributed by atoms with Crippen LogP contribution < -0.4 is 10.9 Å². The van der Waals surface area contributed by atoms with Gasteiger partial charge in [-0.2, -0.15) is 0 Å². The Hall–Kier alpha value is -5.33. The molecule has 0 aliphatic rings. The van der Waals surface area contributed by atoms with E-state index in [0.717, 1.165) is 16.0 Å². The topological polar surface area (TPSA) is 119 Å². The normalized spacial score (nSPS) is 11.9. The number of carbonyl (C=O) groups excluding carboxylic acids is 3. The summed E-state index contributed by atoms with van der Waals surface area (Å²) in [6.45, 7) is 0.382. The summed E-state index contributed by atoms with van der Waals surface area (Å²) in [5, 5.41) is 3.09. The van der Waals surface area contributed by atoms with Gasteiger partial charge in [0.1, 0.15) is 11.6 Å². The highest BCUT2D eigenvalue weighted by atomic mass is 19.1. The molecule has 0 radical (unpaired) electrons. The lowest BCUT2D eigenvalue weighted by atomic mass is 10.1. The zero-order chi connectivity index (χ0) is 32.7. The molecule has 1 atom stereocenters. The number of fused-ring (bicyclic) bond motifs is 1. The average Bonchev–Trinajstić information content (AvgIpc) is 3.32. The van der Waals surface area contributed by atoms with Crippen LogP contribution in [0.5, 0.6) is 0 Å². The first-order valence-electron chi connectivity index (χ1n) is 14.1. The van der Waals surface area contributed by atoms with E-state index in [2.05, 4.69) is 10.3 Å². The van der Waals surface area contributed by atoms with Crippen LogP contribution in [-0.2, 0) is 27.4 Å².